The van der Waals surface area contributed by atoms with Crippen LogP contribution in [0, 0.1) is 0 Å². The van der Waals surface area contributed by atoms with E-state index in [0.29, 0.717) is 4.47 Å². The Labute approximate surface area is 99.4 Å². The van der Waals surface area contributed by atoms with Crippen molar-refractivity contribution < 1.29 is 19.8 Å². The maximum absolute atomic E-state index is 11.6. The molecule has 7 heteroatoms. The summed E-state index contributed by atoms with van der Waals surface area (Å²) in [6, 6.07) is 1.90. The van der Waals surface area contributed by atoms with Crippen molar-refractivity contribution in [2.45, 2.75) is 6.04 Å². The predicted molar refractivity (Wildman–Crippen MR) is 57.9 cm³/mol. The van der Waals surface area contributed by atoms with Gasteiger partial charge in [0.2, 0.25) is 0 Å². The van der Waals surface area contributed by atoms with E-state index in [0.717, 1.165) is 0 Å². The molecule has 0 aliphatic rings. The quantitative estimate of drug-likeness (QED) is 0.725. The van der Waals surface area contributed by atoms with E-state index < -0.39 is 24.5 Å². The number of aliphatic hydroxyl groups is 1. The van der Waals surface area contributed by atoms with Crippen LogP contribution in [-0.2, 0) is 4.79 Å². The maximum Gasteiger partial charge on any atom is 0.328 e. The molecule has 0 spiro atoms. The third kappa shape index (κ3) is 3.01. The summed E-state index contributed by atoms with van der Waals surface area (Å²) in [7, 11) is 0. The number of amides is 1. The van der Waals surface area contributed by atoms with Gasteiger partial charge in [-0.3, -0.25) is 4.79 Å². The van der Waals surface area contributed by atoms with Gasteiger partial charge in [-0.15, -0.1) is 0 Å². The number of nitrogens with zero attached hydrogens (tertiary/aromatic N) is 1. The molecule has 0 aromatic carbocycles. The van der Waals surface area contributed by atoms with E-state index in [1.54, 1.807) is 12.1 Å². The molecule has 1 amide bonds. The van der Waals surface area contributed by atoms with E-state index in [-0.39, 0.29) is 5.69 Å². The SMILES string of the molecule is O=C(N[C@@H](CO)C(=O)O)c1ncccc1Br. The van der Waals surface area contributed by atoms with E-state index in [2.05, 4.69) is 26.2 Å². The molecule has 1 atom stereocenters. The van der Waals surface area contributed by atoms with Crippen LogP contribution in [0.5, 0.6) is 0 Å². The molecule has 0 aliphatic carbocycles. The highest BCUT2D eigenvalue weighted by Crippen LogP contribution is 2.12. The minimum atomic E-state index is -1.33. The lowest BCUT2D eigenvalue weighted by atomic mass is 10.3. The molecule has 6 nitrogen and oxygen atoms in total. The van der Waals surface area contributed by atoms with Crippen molar-refractivity contribution in [1.29, 1.82) is 0 Å². The van der Waals surface area contributed by atoms with E-state index in [1.165, 1.54) is 6.20 Å². The summed E-state index contributed by atoms with van der Waals surface area (Å²) in [6.07, 6.45) is 1.41. The zero-order valence-electron chi connectivity index (χ0n) is 8.05. The largest absolute Gasteiger partial charge is 0.480 e. The van der Waals surface area contributed by atoms with Crippen LogP contribution in [0.1, 0.15) is 10.5 Å². The van der Waals surface area contributed by atoms with E-state index >= 15 is 0 Å². The summed E-state index contributed by atoms with van der Waals surface area (Å²) in [6.45, 7) is -0.675. The molecule has 1 heterocycles. The zero-order valence-corrected chi connectivity index (χ0v) is 9.64. The van der Waals surface area contributed by atoms with Crippen LogP contribution in [0.25, 0.3) is 0 Å². The maximum atomic E-state index is 11.6. The highest BCUT2D eigenvalue weighted by Gasteiger charge is 2.21. The molecule has 0 bridgehead atoms. The smallest absolute Gasteiger partial charge is 0.328 e. The molecule has 0 unspecified atom stereocenters. The van der Waals surface area contributed by atoms with Crippen molar-refractivity contribution >= 4 is 27.8 Å². The van der Waals surface area contributed by atoms with Crippen LogP contribution < -0.4 is 5.32 Å². The van der Waals surface area contributed by atoms with Gasteiger partial charge in [0, 0.05) is 10.7 Å². The van der Waals surface area contributed by atoms with E-state index in [4.69, 9.17) is 10.2 Å². The van der Waals surface area contributed by atoms with E-state index in [9.17, 15) is 9.59 Å². The minimum Gasteiger partial charge on any atom is -0.480 e. The summed E-state index contributed by atoms with van der Waals surface area (Å²) >= 11 is 3.11. The fourth-order valence-corrected chi connectivity index (χ4v) is 1.40. The average Bonchev–Trinajstić information content (AvgIpc) is 2.25. The molecule has 1 rings (SSSR count). The molecule has 1 aromatic rings. The van der Waals surface area contributed by atoms with Crippen molar-refractivity contribution in [3.8, 4) is 0 Å². The van der Waals surface area contributed by atoms with E-state index in [1.807, 2.05) is 0 Å². The number of carbonyl (C=O) groups is 2. The summed E-state index contributed by atoms with van der Waals surface area (Å²) in [5.74, 6) is -1.96. The standard InChI is InChI=1S/C9H9BrN2O4/c10-5-2-1-3-11-7(5)8(14)12-6(4-13)9(15)16/h1-3,6,13H,4H2,(H,12,14)(H,15,16)/t6-/m0/s1. The van der Waals surface area contributed by atoms with Crippen LogP contribution in [0.3, 0.4) is 0 Å². The third-order valence-corrected chi connectivity index (χ3v) is 2.40. The first kappa shape index (κ1) is 12.6. The number of halogens is 1. The molecule has 86 valence electrons. The van der Waals surface area contributed by atoms with Crippen LogP contribution in [-0.4, -0.2) is 39.7 Å². The number of nitrogens with one attached hydrogen (secondary N) is 1. The number of rotatable bonds is 4. The van der Waals surface area contributed by atoms with Gasteiger partial charge < -0.3 is 15.5 Å². The van der Waals surface area contributed by atoms with Crippen LogP contribution in [0.4, 0.5) is 0 Å². The Balaban J connectivity index is 2.80. The first-order valence-electron chi connectivity index (χ1n) is 4.31. The third-order valence-electron chi connectivity index (χ3n) is 1.76. The highest BCUT2D eigenvalue weighted by molar-refractivity contribution is 9.10. The molecule has 0 radical (unpaired) electrons. The second-order valence-corrected chi connectivity index (χ2v) is 3.74. The number of aliphatic hydroxyl groups excluding tert-OH is 1. The first-order valence-corrected chi connectivity index (χ1v) is 5.10. The van der Waals surface area contributed by atoms with Crippen molar-refractivity contribution in [2.75, 3.05) is 6.61 Å². The second-order valence-electron chi connectivity index (χ2n) is 2.88. The van der Waals surface area contributed by atoms with Gasteiger partial charge in [-0.1, -0.05) is 0 Å². The molecule has 0 saturated carbocycles. The lowest BCUT2D eigenvalue weighted by molar-refractivity contribution is -0.140. The summed E-state index contributed by atoms with van der Waals surface area (Å²) in [4.78, 5) is 25.9. The number of aromatic nitrogens is 1. The van der Waals surface area contributed by atoms with Gasteiger partial charge in [0.25, 0.3) is 5.91 Å². The van der Waals surface area contributed by atoms with Crippen LogP contribution in [0.15, 0.2) is 22.8 Å². The normalized spacial score (nSPS) is 11.9. The summed E-state index contributed by atoms with van der Waals surface area (Å²) < 4.78 is 0.453. The Morgan fingerprint density at radius 2 is 2.25 bits per heavy atom. The number of pyridine rings is 1. The molecule has 16 heavy (non-hydrogen) atoms. The van der Waals surface area contributed by atoms with Crippen LogP contribution >= 0.6 is 15.9 Å². The van der Waals surface area contributed by atoms with Crippen molar-refractivity contribution in [3.05, 3.63) is 28.5 Å². The van der Waals surface area contributed by atoms with Gasteiger partial charge in [0.15, 0.2) is 6.04 Å². The Hall–Kier alpha value is -1.47. The Bertz CT molecular complexity index is 410. The van der Waals surface area contributed by atoms with Crippen molar-refractivity contribution in [1.82, 2.24) is 10.3 Å². The lowest BCUT2D eigenvalue weighted by Crippen LogP contribution is -2.43. The number of hydrogen-bond donors (Lipinski definition) is 3. The van der Waals surface area contributed by atoms with Gasteiger partial charge >= 0.3 is 5.97 Å². The fourth-order valence-electron chi connectivity index (χ4n) is 0.965. The number of aliphatic carboxylic acids is 1. The molecular weight excluding hydrogens is 280 g/mol. The lowest BCUT2D eigenvalue weighted by Gasteiger charge is -2.11. The fraction of sp³-hybridized carbons (Fsp3) is 0.222. The summed E-state index contributed by atoms with van der Waals surface area (Å²) in [5, 5.41) is 19.5. The second kappa shape index (κ2) is 5.57. The number of carboxylic acids is 1. The molecule has 3 N–H and O–H groups in total. The van der Waals surface area contributed by atoms with Crippen molar-refractivity contribution in [3.63, 3.8) is 0 Å². The first-order chi connectivity index (χ1) is 7.56. The van der Waals surface area contributed by atoms with Gasteiger partial charge in [-0.05, 0) is 28.1 Å². The molecule has 0 aliphatic heterocycles. The molecule has 1 aromatic heterocycles. The number of carbonyl (C=O) groups excluding carboxylic acids is 1. The van der Waals surface area contributed by atoms with Crippen molar-refractivity contribution in [2.24, 2.45) is 0 Å². The number of carboxylic acid groups (broad SMARTS) is 1. The Morgan fingerprint density at radius 1 is 1.56 bits per heavy atom. The Kier molecular flexibility index (Phi) is 4.39. The monoisotopic (exact) mass is 288 g/mol. The van der Waals surface area contributed by atoms with Gasteiger partial charge in [0.05, 0.1) is 6.61 Å². The predicted octanol–water partition coefficient (Wildman–Crippen LogP) is 0.0194. The van der Waals surface area contributed by atoms with Gasteiger partial charge in [-0.2, -0.15) is 0 Å². The average molecular weight is 289 g/mol. The van der Waals surface area contributed by atoms with Crippen LogP contribution in [0.2, 0.25) is 0 Å². The Morgan fingerprint density at radius 3 is 2.75 bits per heavy atom. The highest BCUT2D eigenvalue weighted by atomic mass is 79.9. The molecular formula is C9H9BrN2O4. The van der Waals surface area contributed by atoms with Gasteiger partial charge in [-0.25, -0.2) is 9.78 Å². The van der Waals surface area contributed by atoms with Gasteiger partial charge in [0.1, 0.15) is 5.69 Å². The minimum absolute atomic E-state index is 0.0715. The zero-order chi connectivity index (χ0) is 12.1. The molecule has 0 saturated heterocycles. The topological polar surface area (TPSA) is 99.5 Å². The number of hydrogen-bond acceptors (Lipinski definition) is 4. The molecule has 0 fully saturated rings. The summed E-state index contributed by atoms with van der Waals surface area (Å²) in [5.41, 5.74) is 0.0715.